The second-order valence-electron chi connectivity index (χ2n) is 7.40. The van der Waals surface area contributed by atoms with Gasteiger partial charge in [-0.25, -0.2) is 0 Å². The summed E-state index contributed by atoms with van der Waals surface area (Å²) in [5.74, 6) is 0.909. The fraction of sp³-hybridized carbons (Fsp3) is 0.120. The Morgan fingerprint density at radius 1 is 1.03 bits per heavy atom. The van der Waals surface area contributed by atoms with Crippen molar-refractivity contribution in [1.82, 2.24) is 9.78 Å². The van der Waals surface area contributed by atoms with Crippen molar-refractivity contribution in [2.24, 2.45) is 0 Å². The van der Waals surface area contributed by atoms with Gasteiger partial charge in [-0.3, -0.25) is 9.48 Å². The van der Waals surface area contributed by atoms with Crippen LogP contribution < -0.4 is 10.1 Å². The van der Waals surface area contributed by atoms with E-state index in [1.165, 1.54) is 5.56 Å². The first-order valence-electron chi connectivity index (χ1n) is 10.0. The molecule has 32 heavy (non-hydrogen) atoms. The van der Waals surface area contributed by atoms with Crippen molar-refractivity contribution in [1.29, 1.82) is 0 Å². The molecular weight excluding hydrogens is 490 g/mol. The lowest BCUT2D eigenvalue weighted by Gasteiger charge is -2.09. The molecular formula is C25H21BrClN3O2. The van der Waals surface area contributed by atoms with Gasteiger partial charge in [-0.1, -0.05) is 69.5 Å². The van der Waals surface area contributed by atoms with Crippen LogP contribution in [0.5, 0.6) is 5.75 Å². The van der Waals surface area contributed by atoms with E-state index in [9.17, 15) is 4.79 Å². The monoisotopic (exact) mass is 509 g/mol. The molecule has 0 aliphatic heterocycles. The first kappa shape index (κ1) is 22.1. The van der Waals surface area contributed by atoms with Gasteiger partial charge >= 0.3 is 0 Å². The van der Waals surface area contributed by atoms with E-state index >= 15 is 0 Å². The van der Waals surface area contributed by atoms with Crippen molar-refractivity contribution in [2.45, 2.75) is 20.1 Å². The third-order valence-corrected chi connectivity index (χ3v) is 5.64. The third-order valence-electron chi connectivity index (χ3n) is 4.85. The number of nitrogens with zero attached hydrogens (tertiary/aromatic N) is 2. The van der Waals surface area contributed by atoms with E-state index in [2.05, 4.69) is 57.5 Å². The molecule has 1 aromatic heterocycles. The number of amides is 1. The summed E-state index contributed by atoms with van der Waals surface area (Å²) in [6.45, 7) is 3.06. The van der Waals surface area contributed by atoms with Crippen molar-refractivity contribution in [3.8, 4) is 5.75 Å². The summed E-state index contributed by atoms with van der Waals surface area (Å²) >= 11 is 9.55. The maximum Gasteiger partial charge on any atom is 0.256 e. The highest BCUT2D eigenvalue weighted by Crippen LogP contribution is 2.28. The van der Waals surface area contributed by atoms with Gasteiger partial charge in [0, 0.05) is 22.3 Å². The number of carbonyl (C=O) groups excluding carboxylic acids is 1. The molecule has 0 radical (unpaired) electrons. The molecule has 162 valence electrons. The lowest BCUT2D eigenvalue weighted by molar-refractivity contribution is 0.102. The molecule has 0 aliphatic carbocycles. The number of halogens is 2. The fourth-order valence-electron chi connectivity index (χ4n) is 3.09. The topological polar surface area (TPSA) is 56.2 Å². The normalized spacial score (nSPS) is 10.7. The molecule has 0 saturated carbocycles. The van der Waals surface area contributed by atoms with Crippen molar-refractivity contribution < 1.29 is 9.53 Å². The summed E-state index contributed by atoms with van der Waals surface area (Å²) in [5.41, 5.74) is 3.85. The Bertz CT molecular complexity index is 1220. The number of hydrogen-bond donors (Lipinski definition) is 1. The minimum absolute atomic E-state index is 0.214. The van der Waals surface area contributed by atoms with Gasteiger partial charge in [-0.15, -0.1) is 0 Å². The predicted octanol–water partition coefficient (Wildman–Crippen LogP) is 6.49. The number of aryl methyl sites for hydroxylation is 1. The van der Waals surface area contributed by atoms with Crippen molar-refractivity contribution in [3.63, 3.8) is 0 Å². The van der Waals surface area contributed by atoms with Gasteiger partial charge in [-0.05, 0) is 48.4 Å². The Morgan fingerprint density at radius 3 is 2.47 bits per heavy atom. The molecule has 0 spiro atoms. The maximum atomic E-state index is 12.6. The van der Waals surface area contributed by atoms with Crippen LogP contribution >= 0.6 is 27.5 Å². The van der Waals surface area contributed by atoms with Crippen LogP contribution in [0.15, 0.2) is 83.5 Å². The summed E-state index contributed by atoms with van der Waals surface area (Å²) in [6.07, 6.45) is 1.85. The van der Waals surface area contributed by atoms with E-state index in [1.807, 2.05) is 30.5 Å². The first-order chi connectivity index (χ1) is 15.5. The van der Waals surface area contributed by atoms with Gasteiger partial charge in [0.15, 0.2) is 5.82 Å². The summed E-state index contributed by atoms with van der Waals surface area (Å²) < 4.78 is 8.46. The molecule has 0 saturated heterocycles. The minimum Gasteiger partial charge on any atom is -0.487 e. The number of hydrogen-bond acceptors (Lipinski definition) is 3. The average molecular weight is 511 g/mol. The van der Waals surface area contributed by atoms with Crippen LogP contribution in [-0.4, -0.2) is 15.7 Å². The molecule has 0 unspecified atom stereocenters. The summed E-state index contributed by atoms with van der Waals surface area (Å²) in [4.78, 5) is 12.6. The van der Waals surface area contributed by atoms with Crippen LogP contribution in [0.25, 0.3) is 0 Å². The lowest BCUT2D eigenvalue weighted by atomic mass is 10.1. The number of aromatic nitrogens is 2. The molecule has 7 heteroatoms. The molecule has 4 rings (SSSR count). The molecule has 1 amide bonds. The van der Waals surface area contributed by atoms with Gasteiger partial charge in [0.25, 0.3) is 5.91 Å². The SMILES string of the molecule is Cc1ccc(Cn2ccc(NC(=O)c3ccc(COc4ccc(Br)cc4Cl)cc3)n2)cc1. The van der Waals surface area contributed by atoms with Gasteiger partial charge in [0.1, 0.15) is 12.4 Å². The van der Waals surface area contributed by atoms with Crippen LogP contribution in [0.2, 0.25) is 5.02 Å². The zero-order valence-corrected chi connectivity index (χ0v) is 19.7. The number of benzene rings is 3. The first-order valence-corrected chi connectivity index (χ1v) is 11.2. The molecule has 0 bridgehead atoms. The molecule has 0 aliphatic rings. The molecule has 5 nitrogen and oxygen atoms in total. The van der Waals surface area contributed by atoms with Crippen molar-refractivity contribution in [2.75, 3.05) is 5.32 Å². The predicted molar refractivity (Wildman–Crippen MR) is 130 cm³/mol. The van der Waals surface area contributed by atoms with E-state index < -0.39 is 0 Å². The second-order valence-corrected chi connectivity index (χ2v) is 8.72. The van der Waals surface area contributed by atoms with E-state index in [0.29, 0.717) is 35.3 Å². The Labute approximate surface area is 200 Å². The highest BCUT2D eigenvalue weighted by Gasteiger charge is 2.09. The van der Waals surface area contributed by atoms with Crippen molar-refractivity contribution in [3.05, 3.63) is 111 Å². The second kappa shape index (κ2) is 10.0. The molecule has 0 atom stereocenters. The Hall–Kier alpha value is -3.09. The molecule has 1 N–H and O–H groups in total. The van der Waals surface area contributed by atoms with Gasteiger partial charge < -0.3 is 10.1 Å². The third kappa shape index (κ3) is 5.78. The van der Waals surface area contributed by atoms with E-state index in [0.717, 1.165) is 15.6 Å². The Kier molecular flexibility index (Phi) is 6.93. The Morgan fingerprint density at radius 2 is 1.75 bits per heavy atom. The summed E-state index contributed by atoms with van der Waals surface area (Å²) in [7, 11) is 0. The maximum absolute atomic E-state index is 12.6. The number of rotatable bonds is 7. The Balaban J connectivity index is 1.32. The zero-order valence-electron chi connectivity index (χ0n) is 17.4. The summed E-state index contributed by atoms with van der Waals surface area (Å²) in [6, 6.07) is 22.8. The number of anilines is 1. The average Bonchev–Trinajstić information content (AvgIpc) is 3.22. The number of ether oxygens (including phenoxy) is 1. The number of carbonyl (C=O) groups is 1. The molecule has 1 heterocycles. The fourth-order valence-corrected chi connectivity index (χ4v) is 3.82. The number of nitrogens with one attached hydrogen (secondary N) is 1. The molecule has 4 aromatic rings. The van der Waals surface area contributed by atoms with Crippen LogP contribution in [0.1, 0.15) is 27.0 Å². The smallest absolute Gasteiger partial charge is 0.256 e. The highest BCUT2D eigenvalue weighted by atomic mass is 79.9. The van der Waals surface area contributed by atoms with Gasteiger partial charge in [0.05, 0.1) is 11.6 Å². The van der Waals surface area contributed by atoms with Crippen LogP contribution in [-0.2, 0) is 13.2 Å². The van der Waals surface area contributed by atoms with Crippen molar-refractivity contribution >= 4 is 39.3 Å². The quantitative estimate of drug-likeness (QED) is 0.309. The largest absolute Gasteiger partial charge is 0.487 e. The van der Waals surface area contributed by atoms with E-state index in [1.54, 1.807) is 28.9 Å². The van der Waals surface area contributed by atoms with E-state index in [-0.39, 0.29) is 5.91 Å². The highest BCUT2D eigenvalue weighted by molar-refractivity contribution is 9.10. The van der Waals surface area contributed by atoms with Gasteiger partial charge in [-0.2, -0.15) is 5.10 Å². The van der Waals surface area contributed by atoms with Gasteiger partial charge in [0.2, 0.25) is 0 Å². The minimum atomic E-state index is -0.214. The zero-order chi connectivity index (χ0) is 22.5. The standard InChI is InChI=1S/C25H21BrClN3O2/c1-17-2-4-18(5-3-17)15-30-13-12-24(29-30)28-25(31)20-8-6-19(7-9-20)16-32-23-11-10-21(26)14-22(23)27/h2-14H,15-16H2,1H3,(H,28,29,31). The lowest BCUT2D eigenvalue weighted by Crippen LogP contribution is -2.13. The van der Waals surface area contributed by atoms with Crippen LogP contribution in [0.3, 0.4) is 0 Å². The molecule has 3 aromatic carbocycles. The molecule has 0 fully saturated rings. The van der Waals surface area contributed by atoms with Crippen LogP contribution in [0.4, 0.5) is 5.82 Å². The summed E-state index contributed by atoms with van der Waals surface area (Å²) in [5, 5.41) is 7.82. The van der Waals surface area contributed by atoms with Crippen LogP contribution in [0, 0.1) is 6.92 Å². The van der Waals surface area contributed by atoms with E-state index in [4.69, 9.17) is 16.3 Å².